The van der Waals surface area contributed by atoms with E-state index in [2.05, 4.69) is 26.8 Å². The molecule has 0 aromatic rings. The Bertz CT molecular complexity index is 2470. The topological polar surface area (TPSA) is 450 Å². The molecule has 5 aliphatic heterocycles. The Balaban J connectivity index is 0.872. The molecule has 0 radical (unpaired) electrons. The minimum Gasteiger partial charge on any atom is -0.481 e. The summed E-state index contributed by atoms with van der Waals surface area (Å²) in [5.41, 5.74) is -7.38. The zero-order valence-corrected chi connectivity index (χ0v) is 49.5. The Hall–Kier alpha value is -2.28. The summed E-state index contributed by atoms with van der Waals surface area (Å²) in [6.07, 6.45) is -32.4. The fourth-order valence-corrected chi connectivity index (χ4v) is 17.6. The van der Waals surface area contributed by atoms with Crippen LogP contribution in [-0.2, 0) is 57.0 Å². The van der Waals surface area contributed by atoms with Crippen LogP contribution >= 0.6 is 0 Å². The Kier molecular flexibility index (Phi) is 18.6. The van der Waals surface area contributed by atoms with Gasteiger partial charge in [0.1, 0.15) is 97.2 Å². The van der Waals surface area contributed by atoms with Gasteiger partial charge in [0.15, 0.2) is 25.2 Å². The van der Waals surface area contributed by atoms with Gasteiger partial charge in [-0.1, -0.05) is 39.3 Å². The first-order valence-electron chi connectivity index (χ1n) is 30.2. The van der Waals surface area contributed by atoms with Crippen molar-refractivity contribution in [3.05, 3.63) is 11.6 Å². The second-order valence-corrected chi connectivity index (χ2v) is 28.1. The fraction of sp³-hybridized carbons (Fsp3) is 0.931. The van der Waals surface area contributed by atoms with Gasteiger partial charge in [0.25, 0.3) is 0 Å². The average Bonchev–Trinajstić information content (AvgIpc) is 0.880. The van der Waals surface area contributed by atoms with Crippen LogP contribution in [0.3, 0.4) is 0 Å². The van der Waals surface area contributed by atoms with Crippen molar-refractivity contribution in [2.45, 2.75) is 253 Å². The number of carboxylic acids is 1. The minimum absolute atomic E-state index is 0.0355. The van der Waals surface area contributed by atoms with Crippen LogP contribution in [-0.4, -0.2) is 274 Å². The molecule has 28 heteroatoms. The fourth-order valence-electron chi connectivity index (χ4n) is 17.6. The number of hydrogen-bond donors (Lipinski definition) is 16. The summed E-state index contributed by atoms with van der Waals surface area (Å²) >= 11 is 0. The zero-order chi connectivity index (χ0) is 62.9. The van der Waals surface area contributed by atoms with Gasteiger partial charge in [-0.15, -0.1) is 0 Å². The first kappa shape index (κ1) is 66.6. The van der Waals surface area contributed by atoms with Crippen LogP contribution in [0.15, 0.2) is 11.6 Å². The second-order valence-electron chi connectivity index (χ2n) is 28.1. The first-order chi connectivity index (χ1) is 40.2. The van der Waals surface area contributed by atoms with Gasteiger partial charge in [-0.25, -0.2) is 0 Å². The number of esters is 1. The van der Waals surface area contributed by atoms with Gasteiger partial charge in [0.05, 0.1) is 62.2 Å². The maximum absolute atomic E-state index is 15.4. The van der Waals surface area contributed by atoms with Gasteiger partial charge < -0.3 is 129 Å². The lowest BCUT2D eigenvalue weighted by Gasteiger charge is -2.71. The largest absolute Gasteiger partial charge is 0.481 e. The second kappa shape index (κ2) is 24.0. The van der Waals surface area contributed by atoms with Crippen molar-refractivity contribution < 1.29 is 139 Å². The number of hydrogen-bond acceptors (Lipinski definition) is 27. The summed E-state index contributed by atoms with van der Waals surface area (Å²) < 4.78 is 59.0. The highest BCUT2D eigenvalue weighted by molar-refractivity contribution is 5.79. The summed E-state index contributed by atoms with van der Waals surface area (Å²) in [6.45, 7) is 9.50. The molecule has 0 aromatic carbocycles. The molecule has 0 unspecified atom stereocenters. The van der Waals surface area contributed by atoms with E-state index < -0.39 is 224 Å². The van der Waals surface area contributed by atoms with Crippen LogP contribution in [0, 0.1) is 50.2 Å². The van der Waals surface area contributed by atoms with E-state index in [0.717, 1.165) is 5.57 Å². The zero-order valence-electron chi connectivity index (χ0n) is 49.5. The van der Waals surface area contributed by atoms with E-state index >= 15 is 4.79 Å². The molecule has 4 saturated carbocycles. The van der Waals surface area contributed by atoms with Crippen LogP contribution in [0.4, 0.5) is 0 Å². The van der Waals surface area contributed by atoms with Gasteiger partial charge in [-0.3, -0.25) is 9.59 Å². The lowest BCUT2D eigenvalue weighted by Crippen LogP contribution is -2.71. The molecule has 16 N–H and O–H groups in total. The number of aliphatic hydroxyl groups excluding tert-OH is 14. The Morgan fingerprint density at radius 3 is 1.88 bits per heavy atom. The Morgan fingerprint density at radius 1 is 0.593 bits per heavy atom. The Morgan fingerprint density at radius 2 is 1.22 bits per heavy atom. The maximum Gasteiger partial charge on any atom is 0.315 e. The summed E-state index contributed by atoms with van der Waals surface area (Å²) in [5.74, 6) is -3.50. The van der Waals surface area contributed by atoms with E-state index in [1.54, 1.807) is 0 Å². The molecule has 28 nitrogen and oxygen atoms in total. The molecular weight excluding hydrogens is 1140 g/mol. The Labute approximate surface area is 497 Å². The van der Waals surface area contributed by atoms with Crippen molar-refractivity contribution in [1.82, 2.24) is 0 Å². The third-order valence-electron chi connectivity index (χ3n) is 22.8. The molecule has 0 spiro atoms. The maximum atomic E-state index is 15.4. The molecule has 5 heterocycles. The highest BCUT2D eigenvalue weighted by Gasteiger charge is 2.74. The van der Waals surface area contributed by atoms with E-state index in [0.29, 0.717) is 38.5 Å². The molecular formula is C58H92O28. The van der Waals surface area contributed by atoms with Crippen molar-refractivity contribution in [3.63, 3.8) is 0 Å². The van der Waals surface area contributed by atoms with Crippen molar-refractivity contribution in [2.75, 3.05) is 33.0 Å². The SMILES string of the molecule is C[C@@H]1O[C@@H](O[C@H]2[C@H](O[C@H]3[C@@H](O)[C@@H](C)O[C@@H](OC(=O)[C@]45CCC(C)(C)C[C@H]4C4=CC[C@@H]6[C@@]7(C)C[C@H](O)[C@H](O[C@@H]8O[C@H](CO)[C@@H](O)[C@H](O)[C@H]8O)[C@@](C)(C(=O)O)[C@@H]7CC[C@@]6(C)[C@]4(CO)CC5)[C@@H]3O)OC[C@]2(O)CO)[C@H](O)[C@H](O)[C@H]1O[C@@H]1OC[C@@H](O)[C@H](O)[C@H]1O. The molecule has 0 bridgehead atoms. The van der Waals surface area contributed by atoms with Crippen LogP contribution in [0.5, 0.6) is 0 Å². The molecule has 0 aromatic heterocycles. The third-order valence-corrected chi connectivity index (χ3v) is 22.8. The number of carbonyl (C=O) groups is 2. The molecule has 10 rings (SSSR count). The summed E-state index contributed by atoms with van der Waals surface area (Å²) in [5, 5.41) is 176. The standard InChI is InChI=1S/C58H92O28/c1-23-32(64)42(83-49-44(58(76,21-61)22-78-49)85-46-39(71)36(68)41(24(2)80-46)82-45-37(69)33(65)28(63)19-77-45)40(72)48(79-23)86-51(75)56-13-12-52(3,4)16-26(56)25-8-9-30-53(5)17-27(62)43(84-47-38(70)35(67)34(66)29(18-59)81-47)55(7,50(73)74)31(53)10-11-54(30,6)57(25,20-60)15-14-56/h8,23-24,26-49,59-72,76H,9-22H2,1-7H3,(H,73,74)/t23-,24+,26+,27+,28-,29-,30-,31-,32+,33+,34-,35+,36+,37-,38-,39-,40-,41+,42+,43+,44+,45+,46+,47+,48+,49+,53-,54-,55+,56+,57+,58-/m1/s1. The highest BCUT2D eigenvalue weighted by Crippen LogP contribution is 2.76. The van der Waals surface area contributed by atoms with E-state index in [1.807, 2.05) is 6.92 Å². The number of carboxylic acid groups (broad SMARTS) is 1. The van der Waals surface area contributed by atoms with Crippen LogP contribution in [0.25, 0.3) is 0 Å². The van der Waals surface area contributed by atoms with Gasteiger partial charge in [0.2, 0.25) is 6.29 Å². The van der Waals surface area contributed by atoms with Gasteiger partial charge >= 0.3 is 11.9 Å². The van der Waals surface area contributed by atoms with E-state index in [-0.39, 0.29) is 37.2 Å². The number of rotatable bonds is 14. The van der Waals surface area contributed by atoms with Gasteiger partial charge in [-0.2, -0.15) is 0 Å². The lowest BCUT2D eigenvalue weighted by atomic mass is 9.33. The number of allylic oxidation sites excluding steroid dienone is 1. The van der Waals surface area contributed by atoms with E-state index in [9.17, 15) is 86.5 Å². The summed E-state index contributed by atoms with van der Waals surface area (Å²) in [6, 6.07) is 0. The number of carbonyl (C=O) groups excluding carboxylic acids is 1. The molecule has 5 saturated heterocycles. The molecule has 86 heavy (non-hydrogen) atoms. The van der Waals surface area contributed by atoms with Gasteiger partial charge in [-0.05, 0) is 113 Å². The van der Waals surface area contributed by atoms with Crippen molar-refractivity contribution in [3.8, 4) is 0 Å². The van der Waals surface area contributed by atoms with Crippen molar-refractivity contribution in [1.29, 1.82) is 0 Å². The van der Waals surface area contributed by atoms with Crippen LogP contribution < -0.4 is 0 Å². The average molecular weight is 1240 g/mol. The highest BCUT2D eigenvalue weighted by atomic mass is 16.8. The monoisotopic (exact) mass is 1240 g/mol. The van der Waals surface area contributed by atoms with Gasteiger partial charge in [0, 0.05) is 5.41 Å². The van der Waals surface area contributed by atoms with Crippen molar-refractivity contribution >= 4 is 11.9 Å². The quantitative estimate of drug-likeness (QED) is 0.0449. The normalized spacial score (nSPS) is 54.6. The molecule has 32 atom stereocenters. The molecule has 5 aliphatic carbocycles. The predicted octanol–water partition coefficient (Wildman–Crippen LogP) is -3.87. The molecule has 0 amide bonds. The molecule has 492 valence electrons. The third kappa shape index (κ3) is 10.5. The first-order valence-corrected chi connectivity index (χ1v) is 30.2. The number of aliphatic hydroxyl groups is 15. The van der Waals surface area contributed by atoms with Crippen molar-refractivity contribution in [2.24, 2.45) is 50.2 Å². The predicted molar refractivity (Wildman–Crippen MR) is 285 cm³/mol. The smallest absolute Gasteiger partial charge is 0.315 e. The lowest BCUT2D eigenvalue weighted by molar-refractivity contribution is -0.363. The van der Waals surface area contributed by atoms with Crippen LogP contribution in [0.1, 0.15) is 106 Å². The minimum atomic E-state index is -2.27. The summed E-state index contributed by atoms with van der Waals surface area (Å²) in [7, 11) is 0. The molecule has 9 fully saturated rings. The number of fused-ring (bicyclic) bond motifs is 7. The van der Waals surface area contributed by atoms with E-state index in [1.165, 1.54) is 20.8 Å². The number of aliphatic carboxylic acids is 1. The van der Waals surface area contributed by atoms with E-state index in [4.69, 9.17) is 47.4 Å². The number of ether oxygens (including phenoxy) is 10. The molecule has 10 aliphatic rings. The summed E-state index contributed by atoms with van der Waals surface area (Å²) in [4.78, 5) is 29.2. The van der Waals surface area contributed by atoms with Crippen LogP contribution in [0.2, 0.25) is 0 Å².